The first-order valence-electron chi connectivity index (χ1n) is 4.68. The second-order valence-electron chi connectivity index (χ2n) is 3.25. The first-order chi connectivity index (χ1) is 7.54. The van der Waals surface area contributed by atoms with Gasteiger partial charge in [-0.05, 0) is 13.0 Å². The zero-order valence-corrected chi connectivity index (χ0v) is 9.04. The molecule has 0 saturated carbocycles. The minimum atomic E-state index is -0.689. The Morgan fingerprint density at radius 1 is 1.56 bits per heavy atom. The van der Waals surface area contributed by atoms with Crippen LogP contribution in [0.1, 0.15) is 6.92 Å². The van der Waals surface area contributed by atoms with Crippen LogP contribution in [0.15, 0.2) is 18.2 Å². The van der Waals surface area contributed by atoms with Crippen molar-refractivity contribution in [3.8, 4) is 11.5 Å². The predicted octanol–water partition coefficient (Wildman–Crippen LogP) is 1.36. The van der Waals surface area contributed by atoms with Gasteiger partial charge in [0.1, 0.15) is 12.4 Å². The van der Waals surface area contributed by atoms with Gasteiger partial charge in [0.25, 0.3) is 0 Å². The van der Waals surface area contributed by atoms with Crippen LogP contribution in [0, 0.1) is 10.1 Å². The Morgan fingerprint density at radius 2 is 2.25 bits per heavy atom. The van der Waals surface area contributed by atoms with Crippen LogP contribution in [-0.2, 0) is 0 Å². The summed E-state index contributed by atoms with van der Waals surface area (Å²) >= 11 is 0. The number of ether oxygens (including phenoxy) is 2. The molecule has 0 fully saturated rings. The molecule has 0 amide bonds. The summed E-state index contributed by atoms with van der Waals surface area (Å²) in [4.78, 5) is 10.1. The van der Waals surface area contributed by atoms with Crippen molar-refractivity contribution in [2.24, 2.45) is 0 Å². The maximum absolute atomic E-state index is 10.7. The number of nitro groups is 1. The van der Waals surface area contributed by atoms with Crippen molar-refractivity contribution < 1.29 is 19.5 Å². The van der Waals surface area contributed by atoms with Crippen molar-refractivity contribution in [1.82, 2.24) is 0 Å². The number of aliphatic hydroxyl groups excluding tert-OH is 1. The van der Waals surface area contributed by atoms with E-state index >= 15 is 0 Å². The fraction of sp³-hybridized carbons (Fsp3) is 0.400. The van der Waals surface area contributed by atoms with E-state index in [1.807, 2.05) is 0 Å². The van der Waals surface area contributed by atoms with Gasteiger partial charge in [-0.2, -0.15) is 0 Å². The van der Waals surface area contributed by atoms with E-state index in [0.717, 1.165) is 0 Å². The van der Waals surface area contributed by atoms with Crippen molar-refractivity contribution in [3.63, 3.8) is 0 Å². The second kappa shape index (κ2) is 5.32. The van der Waals surface area contributed by atoms with Gasteiger partial charge in [-0.15, -0.1) is 0 Å². The van der Waals surface area contributed by atoms with Crippen molar-refractivity contribution in [1.29, 1.82) is 0 Å². The van der Waals surface area contributed by atoms with Crippen molar-refractivity contribution in [2.45, 2.75) is 13.0 Å². The van der Waals surface area contributed by atoms with Crippen LogP contribution in [0.25, 0.3) is 0 Å². The van der Waals surface area contributed by atoms with Gasteiger partial charge in [0.2, 0.25) is 5.75 Å². The Bertz CT molecular complexity index is 377. The predicted molar refractivity (Wildman–Crippen MR) is 56.8 cm³/mol. The molecule has 0 aliphatic rings. The van der Waals surface area contributed by atoms with Crippen LogP contribution in [0.2, 0.25) is 0 Å². The Hall–Kier alpha value is -1.82. The van der Waals surface area contributed by atoms with Gasteiger partial charge < -0.3 is 14.6 Å². The molecule has 0 aromatic heterocycles. The third-order valence-corrected chi connectivity index (χ3v) is 1.84. The molecule has 0 saturated heterocycles. The van der Waals surface area contributed by atoms with Gasteiger partial charge in [0, 0.05) is 12.1 Å². The minimum absolute atomic E-state index is 0.00594. The summed E-state index contributed by atoms with van der Waals surface area (Å²) in [6.07, 6.45) is -0.689. The number of rotatable bonds is 5. The lowest BCUT2D eigenvalue weighted by atomic mass is 10.3. The van der Waals surface area contributed by atoms with Crippen LogP contribution in [0.4, 0.5) is 5.69 Å². The normalized spacial score (nSPS) is 11.9. The molecule has 88 valence electrons. The summed E-state index contributed by atoms with van der Waals surface area (Å²) in [6.45, 7) is 1.53. The summed E-state index contributed by atoms with van der Waals surface area (Å²) in [5.41, 5.74) is -0.151. The number of hydrogen-bond donors (Lipinski definition) is 1. The molecule has 1 N–H and O–H groups in total. The zero-order chi connectivity index (χ0) is 12.1. The average Bonchev–Trinajstić information content (AvgIpc) is 2.25. The molecule has 0 radical (unpaired) electrons. The van der Waals surface area contributed by atoms with Crippen LogP contribution in [-0.4, -0.2) is 29.9 Å². The number of methoxy groups -OCH3 is 1. The Balaban J connectivity index is 2.96. The molecule has 6 nitrogen and oxygen atoms in total. The fourth-order valence-electron chi connectivity index (χ4n) is 1.10. The number of aliphatic hydroxyl groups is 1. The first kappa shape index (κ1) is 12.3. The van der Waals surface area contributed by atoms with Gasteiger partial charge in [0.05, 0.1) is 18.1 Å². The van der Waals surface area contributed by atoms with E-state index in [2.05, 4.69) is 0 Å². The van der Waals surface area contributed by atoms with E-state index < -0.39 is 11.0 Å². The van der Waals surface area contributed by atoms with Gasteiger partial charge in [0.15, 0.2) is 0 Å². The molecule has 0 bridgehead atoms. The summed E-state index contributed by atoms with van der Waals surface area (Å²) < 4.78 is 10.1. The summed E-state index contributed by atoms with van der Waals surface area (Å²) in [7, 11) is 1.46. The van der Waals surface area contributed by atoms with Crippen LogP contribution in [0.3, 0.4) is 0 Å². The summed E-state index contributed by atoms with van der Waals surface area (Å²) in [6, 6.07) is 4.20. The van der Waals surface area contributed by atoms with Gasteiger partial charge in [-0.25, -0.2) is 0 Å². The molecule has 1 aromatic carbocycles. The zero-order valence-electron chi connectivity index (χ0n) is 9.04. The molecule has 0 spiro atoms. The highest BCUT2D eigenvalue weighted by atomic mass is 16.6. The standard InChI is InChI=1S/C10H13NO5/c1-7(12)6-16-10-5-8(15-2)3-4-9(10)11(13)14/h3-5,7,12H,6H2,1-2H3/t7-/m0/s1. The van der Waals surface area contributed by atoms with Crippen molar-refractivity contribution in [2.75, 3.05) is 13.7 Å². The van der Waals surface area contributed by atoms with Crippen LogP contribution in [0.5, 0.6) is 11.5 Å². The molecule has 1 atom stereocenters. The highest BCUT2D eigenvalue weighted by molar-refractivity contribution is 5.50. The van der Waals surface area contributed by atoms with E-state index in [1.165, 1.54) is 32.2 Å². The molecule has 1 rings (SSSR count). The van der Waals surface area contributed by atoms with Crippen molar-refractivity contribution in [3.05, 3.63) is 28.3 Å². The van der Waals surface area contributed by atoms with Crippen LogP contribution < -0.4 is 9.47 Å². The highest BCUT2D eigenvalue weighted by Gasteiger charge is 2.16. The SMILES string of the molecule is COc1ccc([N+](=O)[O-])c(OC[C@H](C)O)c1. The van der Waals surface area contributed by atoms with E-state index in [0.29, 0.717) is 5.75 Å². The van der Waals surface area contributed by atoms with E-state index in [-0.39, 0.29) is 18.0 Å². The Labute approximate surface area is 92.6 Å². The van der Waals surface area contributed by atoms with Gasteiger partial charge in [-0.3, -0.25) is 10.1 Å². The lowest BCUT2D eigenvalue weighted by molar-refractivity contribution is -0.385. The Morgan fingerprint density at radius 3 is 2.75 bits per heavy atom. The monoisotopic (exact) mass is 227 g/mol. The molecule has 0 unspecified atom stereocenters. The molecule has 0 aliphatic heterocycles. The van der Waals surface area contributed by atoms with Gasteiger partial charge >= 0.3 is 5.69 Å². The minimum Gasteiger partial charge on any atom is -0.497 e. The van der Waals surface area contributed by atoms with E-state index in [1.54, 1.807) is 0 Å². The van der Waals surface area contributed by atoms with Gasteiger partial charge in [-0.1, -0.05) is 0 Å². The molecule has 0 aliphatic carbocycles. The first-order valence-corrected chi connectivity index (χ1v) is 4.68. The molecule has 6 heteroatoms. The lowest BCUT2D eigenvalue weighted by Crippen LogP contribution is -2.13. The topological polar surface area (TPSA) is 81.8 Å². The second-order valence-corrected chi connectivity index (χ2v) is 3.25. The number of nitro benzene ring substituents is 1. The summed E-state index contributed by atoms with van der Waals surface area (Å²) in [5.74, 6) is 0.552. The molecule has 1 aromatic rings. The van der Waals surface area contributed by atoms with Crippen LogP contribution >= 0.6 is 0 Å². The maximum Gasteiger partial charge on any atom is 0.311 e. The number of nitrogens with zero attached hydrogens (tertiary/aromatic N) is 1. The molecular formula is C10H13NO5. The Kier molecular flexibility index (Phi) is 4.07. The molecular weight excluding hydrogens is 214 g/mol. The van der Waals surface area contributed by atoms with E-state index in [4.69, 9.17) is 14.6 Å². The molecule has 0 heterocycles. The third kappa shape index (κ3) is 3.09. The number of hydrogen-bond acceptors (Lipinski definition) is 5. The maximum atomic E-state index is 10.7. The average molecular weight is 227 g/mol. The largest absolute Gasteiger partial charge is 0.497 e. The number of benzene rings is 1. The molecule has 16 heavy (non-hydrogen) atoms. The smallest absolute Gasteiger partial charge is 0.311 e. The lowest BCUT2D eigenvalue weighted by Gasteiger charge is -2.09. The quantitative estimate of drug-likeness (QED) is 0.606. The van der Waals surface area contributed by atoms with E-state index in [9.17, 15) is 10.1 Å². The van der Waals surface area contributed by atoms with Crippen molar-refractivity contribution >= 4 is 5.69 Å². The highest BCUT2D eigenvalue weighted by Crippen LogP contribution is 2.31. The third-order valence-electron chi connectivity index (χ3n) is 1.84. The fourth-order valence-corrected chi connectivity index (χ4v) is 1.10. The summed E-state index contributed by atoms with van der Waals surface area (Å²) in [5, 5.41) is 19.7.